The third kappa shape index (κ3) is 4.30. The van der Waals surface area contributed by atoms with Crippen LogP contribution in [-0.4, -0.2) is 37.7 Å². The van der Waals surface area contributed by atoms with Gasteiger partial charge in [0.05, 0.1) is 11.4 Å². The van der Waals surface area contributed by atoms with Crippen molar-refractivity contribution in [1.82, 2.24) is 20.2 Å². The smallest absolute Gasteiger partial charge is 0.234 e. The molecular formula is C17H15N5O2S. The summed E-state index contributed by atoms with van der Waals surface area (Å²) in [5.41, 5.74) is 1.96. The number of carbonyl (C=O) groups excluding carboxylic acids is 2. The molecule has 1 amide bonds. The lowest BCUT2D eigenvalue weighted by Crippen LogP contribution is -2.15. The highest BCUT2D eigenvalue weighted by molar-refractivity contribution is 7.99. The largest absolute Gasteiger partial charge is 0.325 e. The van der Waals surface area contributed by atoms with Crippen LogP contribution in [0.2, 0.25) is 0 Å². The minimum Gasteiger partial charge on any atom is -0.325 e. The van der Waals surface area contributed by atoms with Gasteiger partial charge in [0, 0.05) is 11.3 Å². The summed E-state index contributed by atoms with van der Waals surface area (Å²) in [5.74, 6) is -0.0989. The standard InChI is InChI=1S/C17H15N5O2S/c1-12(23)13-6-5-7-14(10-13)18-16(24)11-25-17-19-20-21-22(17)15-8-3-2-4-9-15/h2-10H,11H2,1H3,(H,18,24). The maximum Gasteiger partial charge on any atom is 0.234 e. The molecule has 7 nitrogen and oxygen atoms in total. The molecule has 1 aromatic heterocycles. The second kappa shape index (κ2) is 7.71. The number of nitrogens with one attached hydrogen (secondary N) is 1. The zero-order valence-corrected chi connectivity index (χ0v) is 14.2. The van der Waals surface area contributed by atoms with E-state index in [2.05, 4.69) is 20.8 Å². The Morgan fingerprint density at radius 1 is 1.12 bits per heavy atom. The molecule has 0 unspecified atom stereocenters. The number of tetrazole rings is 1. The maximum atomic E-state index is 12.1. The zero-order valence-electron chi connectivity index (χ0n) is 13.4. The molecule has 8 heteroatoms. The van der Waals surface area contributed by atoms with Crippen LogP contribution in [0.3, 0.4) is 0 Å². The molecular weight excluding hydrogens is 338 g/mol. The van der Waals surface area contributed by atoms with Crippen LogP contribution in [0.1, 0.15) is 17.3 Å². The molecule has 1 heterocycles. The van der Waals surface area contributed by atoms with Crippen molar-refractivity contribution in [3.8, 4) is 5.69 Å². The molecule has 0 saturated heterocycles. The lowest BCUT2D eigenvalue weighted by Gasteiger charge is -2.06. The molecule has 0 aliphatic carbocycles. The third-order valence-corrected chi connectivity index (χ3v) is 4.25. The van der Waals surface area contributed by atoms with Crippen LogP contribution in [0, 0.1) is 0 Å². The number of ketones is 1. The number of amides is 1. The van der Waals surface area contributed by atoms with Gasteiger partial charge in [-0.3, -0.25) is 9.59 Å². The van der Waals surface area contributed by atoms with Gasteiger partial charge in [-0.05, 0) is 41.6 Å². The molecule has 0 aliphatic rings. The molecule has 1 N–H and O–H groups in total. The Bertz CT molecular complexity index is 895. The summed E-state index contributed by atoms with van der Waals surface area (Å²) in [6.45, 7) is 1.49. The Hall–Kier alpha value is -3.00. The Balaban J connectivity index is 1.63. The highest BCUT2D eigenvalue weighted by Crippen LogP contribution is 2.18. The fourth-order valence-electron chi connectivity index (χ4n) is 2.14. The van der Waals surface area contributed by atoms with Crippen molar-refractivity contribution < 1.29 is 9.59 Å². The molecule has 2 aromatic carbocycles. The second-order valence-corrected chi connectivity index (χ2v) is 6.13. The van der Waals surface area contributed by atoms with E-state index in [0.717, 1.165) is 5.69 Å². The Morgan fingerprint density at radius 3 is 2.68 bits per heavy atom. The number of para-hydroxylation sites is 1. The minimum absolute atomic E-state index is 0.0486. The molecule has 0 spiro atoms. The summed E-state index contributed by atoms with van der Waals surface area (Å²) in [6, 6.07) is 16.3. The normalized spacial score (nSPS) is 10.4. The van der Waals surface area contributed by atoms with E-state index < -0.39 is 0 Å². The van der Waals surface area contributed by atoms with Crippen molar-refractivity contribution in [2.24, 2.45) is 0 Å². The number of nitrogens with zero attached hydrogens (tertiary/aromatic N) is 4. The number of rotatable bonds is 6. The number of thioether (sulfide) groups is 1. The first-order valence-corrected chi connectivity index (χ1v) is 8.49. The van der Waals surface area contributed by atoms with Crippen LogP contribution < -0.4 is 5.32 Å². The van der Waals surface area contributed by atoms with Gasteiger partial charge >= 0.3 is 0 Å². The van der Waals surface area contributed by atoms with Crippen LogP contribution >= 0.6 is 11.8 Å². The summed E-state index contributed by atoms with van der Waals surface area (Å²) in [5, 5.41) is 14.9. The topological polar surface area (TPSA) is 89.8 Å². The quantitative estimate of drug-likeness (QED) is 0.541. The molecule has 0 saturated carbocycles. The first-order chi connectivity index (χ1) is 12.1. The molecule has 0 fully saturated rings. The van der Waals surface area contributed by atoms with E-state index in [1.165, 1.54) is 18.7 Å². The predicted molar refractivity (Wildman–Crippen MR) is 95.0 cm³/mol. The summed E-state index contributed by atoms with van der Waals surface area (Å²) < 4.78 is 1.58. The van der Waals surface area contributed by atoms with Gasteiger partial charge in [-0.1, -0.05) is 42.1 Å². The lowest BCUT2D eigenvalue weighted by atomic mass is 10.1. The first kappa shape index (κ1) is 16.8. The average molecular weight is 353 g/mol. The third-order valence-electron chi connectivity index (χ3n) is 3.33. The van der Waals surface area contributed by atoms with Gasteiger partial charge in [0.25, 0.3) is 0 Å². The predicted octanol–water partition coefficient (Wildman–Crippen LogP) is 2.60. The first-order valence-electron chi connectivity index (χ1n) is 7.51. The van der Waals surface area contributed by atoms with Gasteiger partial charge in [-0.15, -0.1) is 5.10 Å². The lowest BCUT2D eigenvalue weighted by molar-refractivity contribution is -0.113. The Kier molecular flexibility index (Phi) is 5.20. The molecule has 0 bridgehead atoms. The number of Topliss-reactive ketones (excluding diaryl/α,β-unsaturated/α-hetero) is 1. The molecule has 0 atom stereocenters. The average Bonchev–Trinajstić information content (AvgIpc) is 3.09. The Labute approximate surface area is 148 Å². The van der Waals surface area contributed by atoms with Gasteiger partial charge in [0.15, 0.2) is 5.78 Å². The molecule has 126 valence electrons. The van der Waals surface area contributed by atoms with Crippen molar-refractivity contribution in [2.45, 2.75) is 12.1 Å². The van der Waals surface area contributed by atoms with Crippen LogP contribution in [0.5, 0.6) is 0 Å². The van der Waals surface area contributed by atoms with E-state index in [0.29, 0.717) is 16.4 Å². The second-order valence-electron chi connectivity index (χ2n) is 5.18. The van der Waals surface area contributed by atoms with Crippen molar-refractivity contribution in [3.05, 3.63) is 60.2 Å². The number of benzene rings is 2. The number of hydrogen-bond donors (Lipinski definition) is 1. The van der Waals surface area contributed by atoms with E-state index >= 15 is 0 Å². The molecule has 3 rings (SSSR count). The fourth-order valence-corrected chi connectivity index (χ4v) is 2.83. The molecule has 3 aromatic rings. The summed E-state index contributed by atoms with van der Waals surface area (Å²) in [6.07, 6.45) is 0. The van der Waals surface area contributed by atoms with E-state index in [1.807, 2.05) is 30.3 Å². The van der Waals surface area contributed by atoms with Gasteiger partial charge in [-0.2, -0.15) is 4.68 Å². The van der Waals surface area contributed by atoms with Gasteiger partial charge in [0.1, 0.15) is 0 Å². The van der Waals surface area contributed by atoms with Gasteiger partial charge in [0.2, 0.25) is 11.1 Å². The Morgan fingerprint density at radius 2 is 1.92 bits per heavy atom. The van der Waals surface area contributed by atoms with Crippen molar-refractivity contribution in [3.63, 3.8) is 0 Å². The van der Waals surface area contributed by atoms with Crippen LogP contribution in [0.15, 0.2) is 59.8 Å². The van der Waals surface area contributed by atoms with Crippen molar-refractivity contribution in [2.75, 3.05) is 11.1 Å². The molecule has 25 heavy (non-hydrogen) atoms. The number of carbonyl (C=O) groups is 2. The van der Waals surface area contributed by atoms with E-state index in [-0.39, 0.29) is 17.4 Å². The van der Waals surface area contributed by atoms with Gasteiger partial charge < -0.3 is 5.32 Å². The minimum atomic E-state index is -0.201. The summed E-state index contributed by atoms with van der Waals surface area (Å²) in [7, 11) is 0. The van der Waals surface area contributed by atoms with Crippen molar-refractivity contribution in [1.29, 1.82) is 0 Å². The fraction of sp³-hybridized carbons (Fsp3) is 0.118. The summed E-state index contributed by atoms with van der Waals surface area (Å²) >= 11 is 1.23. The molecule has 0 aliphatic heterocycles. The van der Waals surface area contributed by atoms with Crippen LogP contribution in [-0.2, 0) is 4.79 Å². The molecule has 0 radical (unpaired) electrons. The number of anilines is 1. The monoisotopic (exact) mass is 353 g/mol. The number of aromatic nitrogens is 4. The van der Waals surface area contributed by atoms with E-state index in [4.69, 9.17) is 0 Å². The summed E-state index contributed by atoms with van der Waals surface area (Å²) in [4.78, 5) is 23.5. The van der Waals surface area contributed by atoms with Gasteiger partial charge in [-0.25, -0.2) is 0 Å². The van der Waals surface area contributed by atoms with Crippen LogP contribution in [0.25, 0.3) is 5.69 Å². The van der Waals surface area contributed by atoms with Crippen molar-refractivity contribution >= 4 is 29.1 Å². The van der Waals surface area contributed by atoms with E-state index in [1.54, 1.807) is 28.9 Å². The number of hydrogen-bond acceptors (Lipinski definition) is 6. The van der Waals surface area contributed by atoms with E-state index in [9.17, 15) is 9.59 Å². The van der Waals surface area contributed by atoms with Crippen LogP contribution in [0.4, 0.5) is 5.69 Å². The SMILES string of the molecule is CC(=O)c1cccc(NC(=O)CSc2nnnn2-c2ccccc2)c1. The highest BCUT2D eigenvalue weighted by Gasteiger charge is 2.12. The maximum absolute atomic E-state index is 12.1. The zero-order chi connectivity index (χ0) is 17.6. The highest BCUT2D eigenvalue weighted by atomic mass is 32.2.